The van der Waals surface area contributed by atoms with E-state index in [4.69, 9.17) is 5.73 Å². The molecule has 0 radical (unpaired) electrons. The highest BCUT2D eigenvalue weighted by atomic mass is 35.5. The van der Waals surface area contributed by atoms with Crippen molar-refractivity contribution in [2.75, 3.05) is 52.4 Å². The highest BCUT2D eigenvalue weighted by Gasteiger charge is 2.40. The van der Waals surface area contributed by atoms with Crippen LogP contribution < -0.4 is 11.4 Å². The zero-order valence-electron chi connectivity index (χ0n) is 25.6. The Morgan fingerprint density at radius 1 is 0.750 bits per heavy atom. The molecule has 1 amide bonds. The number of carbonyl (C=O) groups is 1. The summed E-state index contributed by atoms with van der Waals surface area (Å²) < 4.78 is 4.09. The minimum Gasteiger partial charge on any atom is -0.339 e. The van der Waals surface area contributed by atoms with E-state index in [9.17, 15) is 9.59 Å². The predicted octanol–water partition coefficient (Wildman–Crippen LogP) is 5.06. The number of hydrogen-bond donors (Lipinski definition) is 1. The van der Waals surface area contributed by atoms with Gasteiger partial charge >= 0.3 is 5.69 Å². The number of piperazine rings is 1. The van der Waals surface area contributed by atoms with Gasteiger partial charge in [-0.3, -0.25) is 23.7 Å². The molecule has 1 aliphatic carbocycles. The lowest BCUT2D eigenvalue weighted by Crippen LogP contribution is -2.51. The van der Waals surface area contributed by atoms with E-state index < -0.39 is 0 Å². The minimum absolute atomic E-state index is 0. The molecule has 3 heterocycles. The molecule has 8 nitrogen and oxygen atoms in total. The van der Waals surface area contributed by atoms with Gasteiger partial charge in [-0.25, -0.2) is 4.79 Å². The Bertz CT molecular complexity index is 1370. The summed E-state index contributed by atoms with van der Waals surface area (Å²) in [4.78, 5) is 32.9. The fourth-order valence-corrected chi connectivity index (χ4v) is 7.79. The van der Waals surface area contributed by atoms with Gasteiger partial charge in [0, 0.05) is 63.9 Å². The largest absolute Gasteiger partial charge is 0.339 e. The Morgan fingerprint density at radius 3 is 1.95 bits per heavy atom. The molecule has 2 N–H and O–H groups in total. The van der Waals surface area contributed by atoms with Gasteiger partial charge < -0.3 is 10.6 Å². The number of halogens is 3. The average Bonchev–Trinajstić information content (AvgIpc) is 3.15. The lowest BCUT2D eigenvalue weighted by atomic mass is 9.79. The molecule has 0 bridgehead atoms. The van der Waals surface area contributed by atoms with E-state index in [1.807, 2.05) is 15.5 Å². The third kappa shape index (κ3) is 7.32. The molecule has 1 aromatic heterocycles. The highest BCUT2D eigenvalue weighted by molar-refractivity contribution is 5.86. The minimum atomic E-state index is 0. The van der Waals surface area contributed by atoms with Crippen LogP contribution in [0.4, 0.5) is 0 Å². The number of likely N-dealkylation sites (tertiary alicyclic amines) is 1. The number of nitrogens with two attached hydrogens (primary N) is 1. The molecule has 6 rings (SSSR count). The number of benzene rings is 2. The lowest BCUT2D eigenvalue weighted by Gasteiger charge is -2.47. The van der Waals surface area contributed by atoms with Crippen LogP contribution >= 0.6 is 37.2 Å². The summed E-state index contributed by atoms with van der Waals surface area (Å²) in [7, 11) is 0. The van der Waals surface area contributed by atoms with Crippen molar-refractivity contribution in [3.8, 4) is 0 Å². The van der Waals surface area contributed by atoms with Gasteiger partial charge in [0.15, 0.2) is 0 Å². The van der Waals surface area contributed by atoms with Crippen molar-refractivity contribution in [2.24, 2.45) is 5.73 Å². The van der Waals surface area contributed by atoms with Crippen LogP contribution in [0.1, 0.15) is 63.0 Å². The van der Waals surface area contributed by atoms with Gasteiger partial charge in [-0.1, -0.05) is 68.1 Å². The van der Waals surface area contributed by atoms with Gasteiger partial charge in [0.05, 0.1) is 17.6 Å². The molecule has 2 aliphatic heterocycles. The van der Waals surface area contributed by atoms with Crippen LogP contribution in [0.25, 0.3) is 11.0 Å². The van der Waals surface area contributed by atoms with Gasteiger partial charge in [0.25, 0.3) is 0 Å². The van der Waals surface area contributed by atoms with E-state index in [1.54, 1.807) is 0 Å². The van der Waals surface area contributed by atoms with Crippen molar-refractivity contribution >= 4 is 54.2 Å². The van der Waals surface area contributed by atoms with E-state index in [2.05, 4.69) is 62.9 Å². The Hall–Kier alpha value is -2.07. The van der Waals surface area contributed by atoms with E-state index >= 15 is 0 Å². The summed E-state index contributed by atoms with van der Waals surface area (Å²) in [6.07, 6.45) is 9.72. The fraction of sp³-hybridized carbons (Fsp3) is 0.576. The van der Waals surface area contributed by atoms with E-state index in [0.717, 1.165) is 56.6 Å². The number of para-hydroxylation sites is 2. The zero-order chi connectivity index (χ0) is 28.2. The topological polar surface area (TPSA) is 79.7 Å². The molecule has 2 saturated heterocycles. The quantitative estimate of drug-likeness (QED) is 0.357. The third-order valence-corrected chi connectivity index (χ3v) is 10.1. The highest BCUT2D eigenvalue weighted by Crippen LogP contribution is 2.43. The summed E-state index contributed by atoms with van der Waals surface area (Å²) in [5.41, 5.74) is 9.35. The van der Waals surface area contributed by atoms with Crippen LogP contribution in [-0.2, 0) is 16.9 Å². The second kappa shape index (κ2) is 16.5. The van der Waals surface area contributed by atoms with Crippen LogP contribution in [0.5, 0.6) is 0 Å². The fourth-order valence-electron chi connectivity index (χ4n) is 7.79. The number of amides is 1. The second-order valence-electron chi connectivity index (χ2n) is 12.2. The Balaban J connectivity index is 0.00000176. The van der Waals surface area contributed by atoms with Crippen LogP contribution in [-0.4, -0.2) is 82.1 Å². The maximum Gasteiger partial charge on any atom is 0.329 e. The Kier molecular flexibility index (Phi) is 13.6. The van der Waals surface area contributed by atoms with Gasteiger partial charge in [0.2, 0.25) is 5.91 Å². The monoisotopic (exact) mass is 666 g/mol. The molecular formula is C33H49Cl3N6O2. The number of imidazole rings is 1. The van der Waals surface area contributed by atoms with Crippen LogP contribution in [0.15, 0.2) is 59.4 Å². The molecule has 3 fully saturated rings. The number of rotatable bonds is 7. The summed E-state index contributed by atoms with van der Waals surface area (Å²) in [5, 5.41) is 0. The predicted molar refractivity (Wildman–Crippen MR) is 186 cm³/mol. The van der Waals surface area contributed by atoms with Gasteiger partial charge in [-0.15, -0.1) is 37.2 Å². The number of nitrogens with zero attached hydrogens (tertiary/aromatic N) is 5. The average molecular weight is 668 g/mol. The molecule has 2 aromatic carbocycles. The first-order chi connectivity index (χ1) is 20.1. The summed E-state index contributed by atoms with van der Waals surface area (Å²) in [6, 6.07) is 19.7. The third-order valence-electron chi connectivity index (χ3n) is 10.1. The van der Waals surface area contributed by atoms with Crippen LogP contribution in [0, 0.1) is 0 Å². The molecule has 1 saturated carbocycles. The van der Waals surface area contributed by atoms with Gasteiger partial charge in [0.1, 0.15) is 0 Å². The van der Waals surface area contributed by atoms with E-state index in [0.29, 0.717) is 19.6 Å². The Morgan fingerprint density at radius 2 is 1.34 bits per heavy atom. The molecule has 3 aliphatic rings. The summed E-state index contributed by atoms with van der Waals surface area (Å²) >= 11 is 0. The molecule has 44 heavy (non-hydrogen) atoms. The standard InChI is InChI=1S/C33H46N6O2.3ClH/c34-26-31(40)36-23-20-35(21-24-36)22-25-38-29-12-6-7-13-30(29)39(32(38)41)28-14-18-37(19-15-28)33(16-8-1-2-9-17-33)27-10-4-3-5-11-27;;;/h3-7,10-13,28H,1-2,8-9,14-26,34H2;3*1H. The van der Waals surface area contributed by atoms with Gasteiger partial charge in [-0.05, 0) is 43.4 Å². The molecule has 0 unspecified atom stereocenters. The summed E-state index contributed by atoms with van der Waals surface area (Å²) in [6.45, 7) is 6.63. The molecule has 0 spiro atoms. The van der Waals surface area contributed by atoms with Gasteiger partial charge in [-0.2, -0.15) is 0 Å². The second-order valence-corrected chi connectivity index (χ2v) is 12.2. The number of piperidine rings is 1. The number of hydrogen-bond acceptors (Lipinski definition) is 5. The maximum atomic E-state index is 14.0. The first-order valence-corrected chi connectivity index (χ1v) is 15.8. The lowest BCUT2D eigenvalue weighted by molar-refractivity contribution is -0.131. The maximum absolute atomic E-state index is 14.0. The summed E-state index contributed by atoms with van der Waals surface area (Å²) in [5.74, 6) is 0.0173. The van der Waals surface area contributed by atoms with Crippen molar-refractivity contribution in [3.63, 3.8) is 0 Å². The first-order valence-electron chi connectivity index (χ1n) is 15.8. The molecular weight excluding hydrogens is 619 g/mol. The Labute approximate surface area is 280 Å². The molecule has 3 aromatic rings. The van der Waals surface area contributed by atoms with Crippen LogP contribution in [0.3, 0.4) is 0 Å². The normalized spacial score (nSPS) is 19.8. The zero-order valence-corrected chi connectivity index (χ0v) is 28.1. The molecule has 0 atom stereocenters. The number of carbonyl (C=O) groups excluding carboxylic acids is 1. The number of aromatic nitrogens is 2. The SMILES string of the molecule is Cl.Cl.Cl.NCC(=O)N1CCN(CCn2c(=O)n(C3CCN(C4(c5ccccc5)CCCCCC4)CC3)c3ccccc32)CC1. The smallest absolute Gasteiger partial charge is 0.329 e. The number of fused-ring (bicyclic) bond motifs is 1. The van der Waals surface area contributed by atoms with Crippen molar-refractivity contribution in [2.45, 2.75) is 69.5 Å². The van der Waals surface area contributed by atoms with Crippen LogP contribution in [0.2, 0.25) is 0 Å². The molecule has 244 valence electrons. The first kappa shape index (κ1) is 36.4. The van der Waals surface area contributed by atoms with E-state index in [1.165, 1.54) is 44.1 Å². The van der Waals surface area contributed by atoms with Crippen molar-refractivity contribution in [1.82, 2.24) is 23.8 Å². The molecule has 11 heteroatoms. The van der Waals surface area contributed by atoms with Crippen molar-refractivity contribution in [1.29, 1.82) is 0 Å². The van der Waals surface area contributed by atoms with Crippen molar-refractivity contribution in [3.05, 3.63) is 70.6 Å². The van der Waals surface area contributed by atoms with E-state index in [-0.39, 0.29) is 66.9 Å². The van der Waals surface area contributed by atoms with Crippen molar-refractivity contribution < 1.29 is 4.79 Å².